The number of esters is 1. The number of rotatable bonds is 3. The van der Waals surface area contributed by atoms with E-state index in [-0.39, 0.29) is 23.9 Å². The van der Waals surface area contributed by atoms with Crippen molar-refractivity contribution >= 4 is 27.7 Å². The van der Waals surface area contributed by atoms with Crippen LogP contribution >= 0.6 is 15.9 Å². The van der Waals surface area contributed by atoms with Crippen LogP contribution in [-0.2, 0) is 11.3 Å². The molecule has 0 saturated carbocycles. The summed E-state index contributed by atoms with van der Waals surface area (Å²) < 4.78 is 18.5. The van der Waals surface area contributed by atoms with E-state index < -0.39 is 5.97 Å². The van der Waals surface area contributed by atoms with Gasteiger partial charge < -0.3 is 10.5 Å². The number of anilines is 1. The van der Waals surface area contributed by atoms with Gasteiger partial charge in [0.1, 0.15) is 12.4 Å². The molecular formula is C12H9BrFN3O2. The van der Waals surface area contributed by atoms with Crippen molar-refractivity contribution < 1.29 is 13.9 Å². The van der Waals surface area contributed by atoms with E-state index in [1.54, 1.807) is 0 Å². The van der Waals surface area contributed by atoms with Gasteiger partial charge in [-0.25, -0.2) is 19.2 Å². The SMILES string of the molecule is Nc1nccnc1C(=O)OCc1ccc(F)cc1Br. The van der Waals surface area contributed by atoms with Gasteiger partial charge >= 0.3 is 5.97 Å². The predicted octanol–water partition coefficient (Wildman–Crippen LogP) is 2.32. The first-order chi connectivity index (χ1) is 9.08. The van der Waals surface area contributed by atoms with Crippen LogP contribution in [0.2, 0.25) is 0 Å². The van der Waals surface area contributed by atoms with E-state index in [4.69, 9.17) is 10.5 Å². The van der Waals surface area contributed by atoms with Crippen molar-refractivity contribution in [1.29, 1.82) is 0 Å². The van der Waals surface area contributed by atoms with Crippen LogP contribution in [0, 0.1) is 5.82 Å². The number of carbonyl (C=O) groups is 1. The fourth-order valence-corrected chi connectivity index (χ4v) is 1.82. The highest BCUT2D eigenvalue weighted by atomic mass is 79.9. The van der Waals surface area contributed by atoms with Crippen molar-refractivity contribution in [2.24, 2.45) is 0 Å². The summed E-state index contributed by atoms with van der Waals surface area (Å²) in [5.41, 5.74) is 6.10. The third kappa shape index (κ3) is 3.25. The number of benzene rings is 1. The molecule has 0 unspecified atom stereocenters. The summed E-state index contributed by atoms with van der Waals surface area (Å²) >= 11 is 3.18. The van der Waals surface area contributed by atoms with E-state index in [2.05, 4.69) is 25.9 Å². The molecule has 1 heterocycles. The average Bonchev–Trinajstić information content (AvgIpc) is 2.38. The fraction of sp³-hybridized carbons (Fsp3) is 0.0833. The van der Waals surface area contributed by atoms with Gasteiger partial charge in [-0.1, -0.05) is 22.0 Å². The molecule has 0 aliphatic carbocycles. The van der Waals surface area contributed by atoms with Gasteiger partial charge in [0.15, 0.2) is 11.5 Å². The second-order valence-corrected chi connectivity index (χ2v) is 4.46. The maximum absolute atomic E-state index is 12.9. The molecular weight excluding hydrogens is 317 g/mol. The second-order valence-electron chi connectivity index (χ2n) is 3.60. The van der Waals surface area contributed by atoms with Gasteiger partial charge in [0.05, 0.1) is 0 Å². The molecule has 1 aromatic heterocycles. The van der Waals surface area contributed by atoms with E-state index >= 15 is 0 Å². The van der Waals surface area contributed by atoms with Crippen LogP contribution in [0.3, 0.4) is 0 Å². The van der Waals surface area contributed by atoms with Crippen LogP contribution in [0.1, 0.15) is 16.1 Å². The normalized spacial score (nSPS) is 10.2. The summed E-state index contributed by atoms with van der Waals surface area (Å²) in [5.74, 6) is -1.05. The second kappa shape index (κ2) is 5.75. The highest BCUT2D eigenvalue weighted by molar-refractivity contribution is 9.10. The Morgan fingerprint density at radius 3 is 2.79 bits per heavy atom. The largest absolute Gasteiger partial charge is 0.456 e. The third-order valence-corrected chi connectivity index (χ3v) is 3.03. The van der Waals surface area contributed by atoms with Gasteiger partial charge in [-0.3, -0.25) is 0 Å². The Balaban J connectivity index is 2.07. The smallest absolute Gasteiger partial charge is 0.361 e. The number of nitrogen functional groups attached to an aromatic ring is 1. The lowest BCUT2D eigenvalue weighted by Gasteiger charge is -2.07. The molecule has 2 aromatic rings. The van der Waals surface area contributed by atoms with Crippen LogP contribution in [0.4, 0.5) is 10.2 Å². The average molecular weight is 326 g/mol. The number of ether oxygens (including phenoxy) is 1. The number of carbonyl (C=O) groups excluding carboxylic acids is 1. The van der Waals surface area contributed by atoms with E-state index in [0.29, 0.717) is 10.0 Å². The standard InChI is InChI=1S/C12H9BrFN3O2/c13-9-5-8(14)2-1-7(9)6-19-12(18)10-11(15)17-4-3-16-10/h1-5H,6H2,(H2,15,17). The number of aromatic nitrogens is 2. The van der Waals surface area contributed by atoms with Gasteiger partial charge in [0, 0.05) is 22.4 Å². The molecule has 0 radical (unpaired) electrons. The van der Waals surface area contributed by atoms with E-state index in [1.807, 2.05) is 0 Å². The summed E-state index contributed by atoms with van der Waals surface area (Å²) in [4.78, 5) is 19.3. The van der Waals surface area contributed by atoms with Crippen LogP contribution < -0.4 is 5.73 Å². The zero-order valence-electron chi connectivity index (χ0n) is 9.64. The first kappa shape index (κ1) is 13.4. The summed E-state index contributed by atoms with van der Waals surface area (Å²) in [5, 5.41) is 0. The third-order valence-electron chi connectivity index (χ3n) is 2.29. The molecule has 0 saturated heterocycles. The summed E-state index contributed by atoms with van der Waals surface area (Å²) in [6.45, 7) is -0.0181. The molecule has 98 valence electrons. The minimum Gasteiger partial charge on any atom is -0.456 e. The molecule has 2 N–H and O–H groups in total. The molecule has 2 rings (SSSR count). The minimum atomic E-state index is -0.679. The molecule has 0 bridgehead atoms. The molecule has 5 nitrogen and oxygen atoms in total. The van der Waals surface area contributed by atoms with Gasteiger partial charge in [-0.2, -0.15) is 0 Å². The Kier molecular flexibility index (Phi) is 4.06. The molecule has 1 aromatic carbocycles. The van der Waals surface area contributed by atoms with E-state index in [9.17, 15) is 9.18 Å². The molecule has 0 amide bonds. The lowest BCUT2D eigenvalue weighted by molar-refractivity contribution is 0.0466. The highest BCUT2D eigenvalue weighted by Gasteiger charge is 2.14. The van der Waals surface area contributed by atoms with Crippen molar-refractivity contribution in [3.05, 3.63) is 52.1 Å². The molecule has 0 fully saturated rings. The molecule has 0 atom stereocenters. The minimum absolute atomic E-state index is 0.00525. The maximum Gasteiger partial charge on any atom is 0.361 e. The van der Waals surface area contributed by atoms with E-state index in [0.717, 1.165) is 0 Å². The van der Waals surface area contributed by atoms with Crippen LogP contribution in [0.15, 0.2) is 35.1 Å². The van der Waals surface area contributed by atoms with Crippen molar-refractivity contribution in [3.63, 3.8) is 0 Å². The van der Waals surface area contributed by atoms with Crippen LogP contribution in [-0.4, -0.2) is 15.9 Å². The Hall–Kier alpha value is -2.02. The topological polar surface area (TPSA) is 78.1 Å². The number of hydrogen-bond donors (Lipinski definition) is 1. The molecule has 19 heavy (non-hydrogen) atoms. The van der Waals surface area contributed by atoms with Crippen molar-refractivity contribution in [1.82, 2.24) is 9.97 Å². The van der Waals surface area contributed by atoms with Crippen molar-refractivity contribution in [2.75, 3.05) is 5.73 Å². The van der Waals surface area contributed by atoms with Gasteiger partial charge in [0.25, 0.3) is 0 Å². The van der Waals surface area contributed by atoms with Gasteiger partial charge in [-0.15, -0.1) is 0 Å². The van der Waals surface area contributed by atoms with Crippen LogP contribution in [0.25, 0.3) is 0 Å². The monoisotopic (exact) mass is 325 g/mol. The lowest BCUT2D eigenvalue weighted by Crippen LogP contribution is -2.11. The molecule has 7 heteroatoms. The fourth-order valence-electron chi connectivity index (χ4n) is 1.36. The quantitative estimate of drug-likeness (QED) is 0.876. The highest BCUT2D eigenvalue weighted by Crippen LogP contribution is 2.19. The van der Waals surface area contributed by atoms with E-state index in [1.165, 1.54) is 30.6 Å². The zero-order chi connectivity index (χ0) is 13.8. The number of hydrogen-bond acceptors (Lipinski definition) is 5. The first-order valence-corrected chi connectivity index (χ1v) is 6.05. The number of halogens is 2. The Morgan fingerprint density at radius 1 is 1.37 bits per heavy atom. The van der Waals surface area contributed by atoms with Gasteiger partial charge in [0.2, 0.25) is 0 Å². The van der Waals surface area contributed by atoms with Gasteiger partial charge in [-0.05, 0) is 12.1 Å². The maximum atomic E-state index is 12.9. The Bertz CT molecular complexity index is 622. The number of nitrogens with zero attached hydrogens (tertiary/aromatic N) is 2. The van der Waals surface area contributed by atoms with Crippen LogP contribution in [0.5, 0.6) is 0 Å². The predicted molar refractivity (Wildman–Crippen MR) is 69.7 cm³/mol. The summed E-state index contributed by atoms with van der Waals surface area (Å²) in [6, 6.07) is 4.09. The Morgan fingerprint density at radius 2 is 2.11 bits per heavy atom. The first-order valence-electron chi connectivity index (χ1n) is 5.25. The molecule has 0 spiro atoms. The Labute approximate surface area is 116 Å². The summed E-state index contributed by atoms with van der Waals surface area (Å²) in [7, 11) is 0. The number of nitrogens with two attached hydrogens (primary N) is 1. The van der Waals surface area contributed by atoms with Crippen molar-refractivity contribution in [3.8, 4) is 0 Å². The lowest BCUT2D eigenvalue weighted by atomic mass is 10.2. The zero-order valence-corrected chi connectivity index (χ0v) is 11.2. The summed E-state index contributed by atoms with van der Waals surface area (Å²) in [6.07, 6.45) is 2.73. The molecule has 0 aliphatic rings. The molecule has 0 aliphatic heterocycles. The van der Waals surface area contributed by atoms with Crippen molar-refractivity contribution in [2.45, 2.75) is 6.61 Å².